The Morgan fingerprint density at radius 1 is 1.13 bits per heavy atom. The largest absolute Gasteiger partial charge is 0.322 e. The highest BCUT2D eigenvalue weighted by atomic mass is 16.2. The Morgan fingerprint density at radius 2 is 2.03 bits per heavy atom. The van der Waals surface area contributed by atoms with Crippen LogP contribution in [-0.4, -0.2) is 58.2 Å². The van der Waals surface area contributed by atoms with E-state index in [1.54, 1.807) is 11.1 Å². The maximum absolute atomic E-state index is 13.1. The zero-order chi connectivity index (χ0) is 21.4. The summed E-state index contributed by atoms with van der Waals surface area (Å²) in [6.07, 6.45) is 4.34. The van der Waals surface area contributed by atoms with Gasteiger partial charge in [-0.1, -0.05) is 18.2 Å². The van der Waals surface area contributed by atoms with Crippen molar-refractivity contribution in [3.63, 3.8) is 0 Å². The molecule has 0 spiro atoms. The highest BCUT2D eigenvalue weighted by molar-refractivity contribution is 6.05. The number of pyridine rings is 1. The molecule has 160 valence electrons. The Bertz CT molecular complexity index is 1030. The number of aromatic nitrogens is 1. The van der Waals surface area contributed by atoms with Gasteiger partial charge in [-0.3, -0.25) is 29.6 Å². The molecule has 2 aromatic rings. The number of rotatable bonds is 4. The molecule has 3 aliphatic rings. The third kappa shape index (κ3) is 3.84. The molecule has 31 heavy (non-hydrogen) atoms. The second-order valence-electron chi connectivity index (χ2n) is 8.37. The molecule has 2 atom stereocenters. The minimum atomic E-state index is -0.579. The molecule has 1 aromatic carbocycles. The van der Waals surface area contributed by atoms with Gasteiger partial charge in [-0.15, -0.1) is 0 Å². The molecule has 1 aromatic heterocycles. The van der Waals surface area contributed by atoms with Crippen LogP contribution in [0.15, 0.2) is 42.7 Å². The fourth-order valence-corrected chi connectivity index (χ4v) is 4.77. The number of nitrogens with one attached hydrogen (secondary N) is 2. The number of hydrogen-bond acceptors (Lipinski definition) is 6. The van der Waals surface area contributed by atoms with Gasteiger partial charge in [0.25, 0.3) is 5.91 Å². The number of benzene rings is 1. The monoisotopic (exact) mass is 419 g/mol. The summed E-state index contributed by atoms with van der Waals surface area (Å²) >= 11 is 0. The van der Waals surface area contributed by atoms with Crippen LogP contribution in [-0.2, 0) is 22.7 Å². The Hall–Kier alpha value is -3.10. The van der Waals surface area contributed by atoms with E-state index in [-0.39, 0.29) is 30.2 Å². The first-order valence-corrected chi connectivity index (χ1v) is 10.7. The maximum atomic E-state index is 13.1. The zero-order valence-corrected chi connectivity index (χ0v) is 17.2. The highest BCUT2D eigenvalue weighted by Crippen LogP contribution is 2.30. The van der Waals surface area contributed by atoms with E-state index in [9.17, 15) is 14.4 Å². The number of carbonyl (C=O) groups is 3. The molecule has 2 N–H and O–H groups in total. The number of amides is 3. The van der Waals surface area contributed by atoms with Crippen molar-refractivity contribution in [3.05, 3.63) is 65.0 Å². The summed E-state index contributed by atoms with van der Waals surface area (Å²) in [6, 6.07) is 9.74. The fourth-order valence-electron chi connectivity index (χ4n) is 4.77. The van der Waals surface area contributed by atoms with Crippen LogP contribution >= 0.6 is 0 Å². The fraction of sp³-hybridized carbons (Fsp3) is 0.391. The predicted molar refractivity (Wildman–Crippen MR) is 113 cm³/mol. The van der Waals surface area contributed by atoms with Crippen molar-refractivity contribution in [1.82, 2.24) is 25.4 Å². The van der Waals surface area contributed by atoms with Crippen molar-refractivity contribution in [2.24, 2.45) is 0 Å². The Morgan fingerprint density at radius 3 is 2.84 bits per heavy atom. The van der Waals surface area contributed by atoms with Crippen LogP contribution in [0.1, 0.15) is 45.9 Å². The van der Waals surface area contributed by atoms with Crippen LogP contribution in [0.5, 0.6) is 0 Å². The third-order valence-electron chi connectivity index (χ3n) is 6.40. The highest BCUT2D eigenvalue weighted by Gasteiger charge is 2.39. The average molecular weight is 419 g/mol. The number of hydrogen-bond donors (Lipinski definition) is 2. The Balaban J connectivity index is 1.33. The molecule has 2 unspecified atom stereocenters. The number of fused-ring (bicyclic) bond motifs is 1. The van der Waals surface area contributed by atoms with Crippen LogP contribution in [0.2, 0.25) is 0 Å². The number of piperidine rings is 1. The average Bonchev–Trinajstić information content (AvgIpc) is 3.11. The third-order valence-corrected chi connectivity index (χ3v) is 6.40. The molecule has 3 aliphatic heterocycles. The molecule has 0 aliphatic carbocycles. The van der Waals surface area contributed by atoms with Crippen molar-refractivity contribution in [1.29, 1.82) is 0 Å². The van der Waals surface area contributed by atoms with Crippen molar-refractivity contribution in [3.8, 4) is 0 Å². The summed E-state index contributed by atoms with van der Waals surface area (Å²) in [5, 5.41) is 5.81. The molecule has 8 nitrogen and oxygen atoms in total. The molecule has 8 heteroatoms. The minimum absolute atomic E-state index is 0.129. The standard InChI is InChI=1S/C23H25N5O3/c29-21-6-5-19(22(30)26-21)28-14-17-4-3-15(10-18(17)23(28)31)13-27-9-8-25-12-20(27)16-2-1-7-24-11-16/h1-4,7,10-11,19-20,25H,5-6,8-9,12-14H2,(H,26,29,30). The molecule has 0 saturated carbocycles. The number of piperazine rings is 1. The van der Waals surface area contributed by atoms with E-state index in [4.69, 9.17) is 0 Å². The molecule has 4 heterocycles. The van der Waals surface area contributed by atoms with Crippen LogP contribution in [0.4, 0.5) is 0 Å². The van der Waals surface area contributed by atoms with Crippen molar-refractivity contribution in [2.75, 3.05) is 19.6 Å². The summed E-state index contributed by atoms with van der Waals surface area (Å²) in [7, 11) is 0. The predicted octanol–water partition coefficient (Wildman–Crippen LogP) is 0.989. The normalized spacial score (nSPS) is 24.3. The van der Waals surface area contributed by atoms with E-state index in [1.807, 2.05) is 24.4 Å². The Kier molecular flexibility index (Phi) is 5.25. The van der Waals surface area contributed by atoms with E-state index in [2.05, 4.69) is 32.7 Å². The lowest BCUT2D eigenvalue weighted by Gasteiger charge is -2.36. The topological polar surface area (TPSA) is 94.6 Å². The van der Waals surface area contributed by atoms with Gasteiger partial charge in [-0.25, -0.2) is 0 Å². The minimum Gasteiger partial charge on any atom is -0.322 e. The van der Waals surface area contributed by atoms with E-state index < -0.39 is 6.04 Å². The molecular formula is C23H25N5O3. The smallest absolute Gasteiger partial charge is 0.255 e. The second kappa shape index (κ2) is 8.20. The second-order valence-corrected chi connectivity index (χ2v) is 8.37. The van der Waals surface area contributed by atoms with Crippen molar-refractivity contribution in [2.45, 2.75) is 38.0 Å². The quantitative estimate of drug-likeness (QED) is 0.718. The number of carbonyl (C=O) groups excluding carboxylic acids is 3. The summed E-state index contributed by atoms with van der Waals surface area (Å²) in [4.78, 5) is 45.0. The van der Waals surface area contributed by atoms with E-state index in [1.165, 1.54) is 5.56 Å². The molecule has 0 radical (unpaired) electrons. The lowest BCUT2D eigenvalue weighted by atomic mass is 10.0. The Labute approximate surface area is 180 Å². The molecule has 2 saturated heterocycles. The van der Waals surface area contributed by atoms with Gasteiger partial charge in [0.1, 0.15) is 6.04 Å². The summed E-state index contributed by atoms with van der Waals surface area (Å²) < 4.78 is 0. The van der Waals surface area contributed by atoms with Gasteiger partial charge >= 0.3 is 0 Å². The van der Waals surface area contributed by atoms with Crippen LogP contribution in [0, 0.1) is 0 Å². The van der Waals surface area contributed by atoms with Gasteiger partial charge in [0.05, 0.1) is 0 Å². The molecular weight excluding hydrogens is 394 g/mol. The first-order chi connectivity index (χ1) is 15.1. The van der Waals surface area contributed by atoms with Gasteiger partial charge in [-0.2, -0.15) is 0 Å². The summed E-state index contributed by atoms with van der Waals surface area (Å²) in [5.41, 5.74) is 3.85. The first-order valence-electron chi connectivity index (χ1n) is 10.7. The summed E-state index contributed by atoms with van der Waals surface area (Å²) in [6.45, 7) is 3.84. The van der Waals surface area contributed by atoms with E-state index in [0.29, 0.717) is 18.5 Å². The van der Waals surface area contributed by atoms with Gasteiger partial charge < -0.3 is 10.2 Å². The van der Waals surface area contributed by atoms with E-state index >= 15 is 0 Å². The number of imide groups is 1. The van der Waals surface area contributed by atoms with Gasteiger partial charge in [0, 0.05) is 63.1 Å². The van der Waals surface area contributed by atoms with Gasteiger partial charge in [0.15, 0.2) is 0 Å². The first kappa shape index (κ1) is 19.8. The van der Waals surface area contributed by atoms with Crippen LogP contribution in [0.25, 0.3) is 0 Å². The maximum Gasteiger partial charge on any atom is 0.255 e. The van der Waals surface area contributed by atoms with Crippen LogP contribution < -0.4 is 10.6 Å². The van der Waals surface area contributed by atoms with E-state index in [0.717, 1.165) is 37.3 Å². The zero-order valence-electron chi connectivity index (χ0n) is 17.2. The van der Waals surface area contributed by atoms with Gasteiger partial charge in [0.2, 0.25) is 11.8 Å². The number of nitrogens with zero attached hydrogens (tertiary/aromatic N) is 3. The molecule has 5 rings (SSSR count). The van der Waals surface area contributed by atoms with Crippen molar-refractivity contribution >= 4 is 17.7 Å². The lowest BCUT2D eigenvalue weighted by molar-refractivity contribution is -0.136. The molecule has 3 amide bonds. The van der Waals surface area contributed by atoms with Crippen LogP contribution in [0.3, 0.4) is 0 Å². The molecule has 2 fully saturated rings. The summed E-state index contributed by atoms with van der Waals surface area (Å²) in [5.74, 6) is -0.778. The lowest BCUT2D eigenvalue weighted by Crippen LogP contribution is -2.52. The molecule has 0 bridgehead atoms. The van der Waals surface area contributed by atoms with Gasteiger partial charge in [-0.05, 0) is 35.2 Å². The van der Waals surface area contributed by atoms with Crippen molar-refractivity contribution < 1.29 is 14.4 Å². The SMILES string of the molecule is O=C1CCC(N2Cc3ccc(CN4CCNCC4c4cccnc4)cc3C2=O)C(=O)N1.